The van der Waals surface area contributed by atoms with Crippen molar-refractivity contribution in [1.82, 2.24) is 9.80 Å². The Hall–Kier alpha value is -1.72. The number of amides is 2. The standard InChI is InChI=1S/C18H22N2O3/c21-17-15-11-19(9-13-5-2-1-3-6-13)12-16(15)18(22)20(17)10-14-7-4-8-23-14/h1-3,5-6,14-16H,4,7-12H2/t14-,15-,16-/m1/s1. The summed E-state index contributed by atoms with van der Waals surface area (Å²) in [6.45, 7) is 3.38. The van der Waals surface area contributed by atoms with Gasteiger partial charge in [0.1, 0.15) is 0 Å². The van der Waals surface area contributed by atoms with Gasteiger partial charge in [-0.25, -0.2) is 0 Å². The lowest BCUT2D eigenvalue weighted by molar-refractivity contribution is -0.142. The fourth-order valence-corrected chi connectivity index (χ4v) is 4.04. The lowest BCUT2D eigenvalue weighted by Crippen LogP contribution is -2.40. The van der Waals surface area contributed by atoms with Crippen LogP contribution in [0.15, 0.2) is 30.3 Å². The molecule has 1 aromatic rings. The molecule has 1 aromatic carbocycles. The third kappa shape index (κ3) is 2.79. The zero-order valence-corrected chi connectivity index (χ0v) is 13.2. The Kier molecular flexibility index (Phi) is 3.91. The maximum Gasteiger partial charge on any atom is 0.234 e. The quantitative estimate of drug-likeness (QED) is 0.786. The number of carbonyl (C=O) groups excluding carboxylic acids is 2. The van der Waals surface area contributed by atoms with Crippen molar-refractivity contribution in [2.24, 2.45) is 11.8 Å². The molecule has 0 unspecified atom stereocenters. The average Bonchev–Trinajstić information content (AvgIpc) is 3.25. The molecule has 122 valence electrons. The maximum absolute atomic E-state index is 12.6. The third-order valence-electron chi connectivity index (χ3n) is 5.22. The predicted molar refractivity (Wildman–Crippen MR) is 84.4 cm³/mol. The number of imide groups is 1. The summed E-state index contributed by atoms with van der Waals surface area (Å²) in [6, 6.07) is 10.2. The molecule has 4 rings (SSSR count). The van der Waals surface area contributed by atoms with Gasteiger partial charge in [0.05, 0.1) is 24.5 Å². The van der Waals surface area contributed by atoms with E-state index < -0.39 is 0 Å². The SMILES string of the molecule is O=C1[C@@H]2CN(Cc3ccccc3)C[C@H]2C(=O)N1C[C@H]1CCCO1. The van der Waals surface area contributed by atoms with Crippen LogP contribution in [-0.4, -0.2) is 54.0 Å². The second-order valence-corrected chi connectivity index (χ2v) is 6.81. The summed E-state index contributed by atoms with van der Waals surface area (Å²) in [6.07, 6.45) is 2.02. The number of rotatable bonds is 4. The van der Waals surface area contributed by atoms with Gasteiger partial charge in [-0.05, 0) is 18.4 Å². The van der Waals surface area contributed by atoms with Crippen LogP contribution >= 0.6 is 0 Å². The minimum atomic E-state index is -0.160. The summed E-state index contributed by atoms with van der Waals surface area (Å²) in [7, 11) is 0. The van der Waals surface area contributed by atoms with Gasteiger partial charge in [-0.1, -0.05) is 30.3 Å². The van der Waals surface area contributed by atoms with Gasteiger partial charge in [0, 0.05) is 26.2 Å². The largest absolute Gasteiger partial charge is 0.376 e. The highest BCUT2D eigenvalue weighted by Gasteiger charge is 2.52. The molecule has 3 saturated heterocycles. The summed E-state index contributed by atoms with van der Waals surface area (Å²) in [4.78, 5) is 28.9. The molecule has 0 bridgehead atoms. The van der Waals surface area contributed by atoms with Crippen LogP contribution < -0.4 is 0 Å². The minimum absolute atomic E-state index is 0.00561. The van der Waals surface area contributed by atoms with E-state index in [0.717, 1.165) is 26.0 Å². The van der Waals surface area contributed by atoms with E-state index in [4.69, 9.17) is 4.74 Å². The molecule has 23 heavy (non-hydrogen) atoms. The van der Waals surface area contributed by atoms with Gasteiger partial charge < -0.3 is 4.74 Å². The summed E-state index contributed by atoms with van der Waals surface area (Å²) >= 11 is 0. The molecule has 0 saturated carbocycles. The van der Waals surface area contributed by atoms with E-state index in [1.807, 2.05) is 18.2 Å². The van der Waals surface area contributed by atoms with E-state index in [2.05, 4.69) is 17.0 Å². The van der Waals surface area contributed by atoms with Crippen LogP contribution in [0.5, 0.6) is 0 Å². The van der Waals surface area contributed by atoms with Crippen molar-refractivity contribution in [2.45, 2.75) is 25.5 Å². The van der Waals surface area contributed by atoms with Crippen molar-refractivity contribution in [3.8, 4) is 0 Å². The van der Waals surface area contributed by atoms with Gasteiger partial charge in [-0.2, -0.15) is 0 Å². The number of ether oxygens (including phenoxy) is 1. The van der Waals surface area contributed by atoms with Crippen LogP contribution in [0.4, 0.5) is 0 Å². The van der Waals surface area contributed by atoms with E-state index in [9.17, 15) is 9.59 Å². The second kappa shape index (κ2) is 6.06. The lowest BCUT2D eigenvalue weighted by atomic mass is 10.00. The summed E-state index contributed by atoms with van der Waals surface area (Å²) in [5.74, 6) is -0.308. The Balaban J connectivity index is 1.40. The molecular formula is C18H22N2O3. The van der Waals surface area contributed by atoms with E-state index in [1.54, 1.807) is 0 Å². The minimum Gasteiger partial charge on any atom is -0.376 e. The number of hydrogen-bond donors (Lipinski definition) is 0. The third-order valence-corrected chi connectivity index (χ3v) is 5.22. The van der Waals surface area contributed by atoms with Crippen molar-refractivity contribution in [2.75, 3.05) is 26.2 Å². The number of fused-ring (bicyclic) bond motifs is 1. The van der Waals surface area contributed by atoms with E-state index in [-0.39, 0.29) is 29.8 Å². The van der Waals surface area contributed by atoms with Crippen molar-refractivity contribution >= 4 is 11.8 Å². The van der Waals surface area contributed by atoms with Gasteiger partial charge in [0.25, 0.3) is 0 Å². The first kappa shape index (κ1) is 14.8. The predicted octanol–water partition coefficient (Wildman–Crippen LogP) is 1.28. The van der Waals surface area contributed by atoms with E-state index in [1.165, 1.54) is 10.5 Å². The van der Waals surface area contributed by atoms with Crippen LogP contribution in [0.3, 0.4) is 0 Å². The summed E-state index contributed by atoms with van der Waals surface area (Å²) in [5.41, 5.74) is 1.23. The fourth-order valence-electron chi connectivity index (χ4n) is 4.04. The molecular weight excluding hydrogens is 292 g/mol. The van der Waals surface area contributed by atoms with Crippen LogP contribution in [0.1, 0.15) is 18.4 Å². The zero-order valence-electron chi connectivity index (χ0n) is 13.2. The summed E-state index contributed by atoms with van der Waals surface area (Å²) < 4.78 is 5.58. The Labute approximate surface area is 136 Å². The first-order valence-electron chi connectivity index (χ1n) is 8.45. The lowest BCUT2D eigenvalue weighted by Gasteiger charge is -2.22. The average molecular weight is 314 g/mol. The Morgan fingerprint density at radius 1 is 1.04 bits per heavy atom. The topological polar surface area (TPSA) is 49.9 Å². The van der Waals surface area contributed by atoms with Gasteiger partial charge in [0.2, 0.25) is 11.8 Å². The van der Waals surface area contributed by atoms with Crippen molar-refractivity contribution < 1.29 is 14.3 Å². The highest BCUT2D eigenvalue weighted by molar-refractivity contribution is 6.05. The molecule has 3 aliphatic rings. The number of benzene rings is 1. The molecule has 5 heteroatoms. The van der Waals surface area contributed by atoms with Crippen molar-refractivity contribution in [1.29, 1.82) is 0 Å². The van der Waals surface area contributed by atoms with Gasteiger partial charge in [-0.3, -0.25) is 19.4 Å². The first-order valence-corrected chi connectivity index (χ1v) is 8.45. The molecule has 0 aliphatic carbocycles. The van der Waals surface area contributed by atoms with Crippen LogP contribution in [-0.2, 0) is 20.9 Å². The van der Waals surface area contributed by atoms with Gasteiger partial charge >= 0.3 is 0 Å². The number of nitrogens with zero attached hydrogens (tertiary/aromatic N) is 2. The molecule has 0 N–H and O–H groups in total. The normalized spacial score (nSPS) is 31.1. The van der Waals surface area contributed by atoms with Gasteiger partial charge in [0.15, 0.2) is 0 Å². The highest BCUT2D eigenvalue weighted by Crippen LogP contribution is 2.34. The first-order chi connectivity index (χ1) is 11.2. The number of likely N-dealkylation sites (tertiary alicyclic amines) is 2. The zero-order chi connectivity index (χ0) is 15.8. The molecule has 0 radical (unpaired) electrons. The highest BCUT2D eigenvalue weighted by atomic mass is 16.5. The molecule has 0 spiro atoms. The molecule has 3 heterocycles. The Bertz CT molecular complexity index is 574. The fraction of sp³-hybridized carbons (Fsp3) is 0.556. The maximum atomic E-state index is 12.6. The molecule has 3 fully saturated rings. The van der Waals surface area contributed by atoms with E-state index in [0.29, 0.717) is 19.6 Å². The van der Waals surface area contributed by atoms with Gasteiger partial charge in [-0.15, -0.1) is 0 Å². The summed E-state index contributed by atoms with van der Waals surface area (Å²) in [5, 5.41) is 0. The van der Waals surface area contributed by atoms with Crippen molar-refractivity contribution in [3.05, 3.63) is 35.9 Å². The van der Waals surface area contributed by atoms with Crippen LogP contribution in [0.25, 0.3) is 0 Å². The van der Waals surface area contributed by atoms with Crippen molar-refractivity contribution in [3.63, 3.8) is 0 Å². The molecule has 0 aromatic heterocycles. The molecule has 3 aliphatic heterocycles. The van der Waals surface area contributed by atoms with Crippen LogP contribution in [0.2, 0.25) is 0 Å². The Morgan fingerprint density at radius 2 is 1.74 bits per heavy atom. The monoisotopic (exact) mass is 314 g/mol. The Morgan fingerprint density at radius 3 is 2.35 bits per heavy atom. The molecule has 2 amide bonds. The van der Waals surface area contributed by atoms with Crippen LogP contribution in [0, 0.1) is 11.8 Å². The van der Waals surface area contributed by atoms with E-state index >= 15 is 0 Å². The molecule has 3 atom stereocenters. The smallest absolute Gasteiger partial charge is 0.234 e. The molecule has 5 nitrogen and oxygen atoms in total. The number of hydrogen-bond acceptors (Lipinski definition) is 4. The number of carbonyl (C=O) groups is 2. The second-order valence-electron chi connectivity index (χ2n) is 6.81.